The maximum Gasteiger partial charge on any atom is 0.329 e. The molecule has 15 nitrogen and oxygen atoms in total. The molecule has 4 aliphatic rings. The first-order valence-corrected chi connectivity index (χ1v) is 24.4. The molecule has 0 aromatic carbocycles. The average molecular weight is 930 g/mol. The molecule has 0 radical (unpaired) electrons. The molecule has 1 amide bonds. The van der Waals surface area contributed by atoms with Gasteiger partial charge in [-0.1, -0.05) is 58.9 Å². The summed E-state index contributed by atoms with van der Waals surface area (Å²) >= 11 is 0. The summed E-state index contributed by atoms with van der Waals surface area (Å²) in [5.74, 6) is -6.24. The SMILES string of the molecule is CO[C@H]1C[C@@H]2CC[C@@H](C)[C@@](O)(O2)C(=O)C(=O)N2CCCC[C@H]2C(=O)O[C@H]([C@H](N)C[C@@H]2CC[C@@H](O)[C@H](OC)C2)C[C@@H](O)[C@H](C)/C=C(\C)[C@@H](O)[C@@H](OC)C([C@H](C)CC(C)C)=NC=C/C=C/C=C1C. The molecule has 3 fully saturated rings. The van der Waals surface area contributed by atoms with Crippen LogP contribution in [0.4, 0.5) is 0 Å². The lowest BCUT2D eigenvalue weighted by Gasteiger charge is -2.42. The number of esters is 1. The molecule has 3 aliphatic heterocycles. The number of aliphatic hydroxyl groups excluding tert-OH is 3. The van der Waals surface area contributed by atoms with Crippen LogP contribution in [0, 0.1) is 29.6 Å². The Bertz CT molecular complexity index is 1750. The van der Waals surface area contributed by atoms with Gasteiger partial charge in [0, 0.05) is 64.8 Å². The van der Waals surface area contributed by atoms with Gasteiger partial charge in [0.2, 0.25) is 5.79 Å². The Morgan fingerprint density at radius 3 is 2.27 bits per heavy atom. The summed E-state index contributed by atoms with van der Waals surface area (Å²) in [4.78, 5) is 48.9. The fraction of sp³-hybridized carbons (Fsp3) is 0.765. The second-order valence-corrected chi connectivity index (χ2v) is 20.0. The molecule has 6 N–H and O–H groups in total. The minimum atomic E-state index is -2.43. The summed E-state index contributed by atoms with van der Waals surface area (Å²) in [6.07, 6.45) is 10.4. The number of hydrogen-bond acceptors (Lipinski definition) is 14. The Balaban J connectivity index is 1.76. The van der Waals surface area contributed by atoms with Crippen LogP contribution in [0.15, 0.2) is 52.7 Å². The molecule has 1 saturated carbocycles. The van der Waals surface area contributed by atoms with Gasteiger partial charge < -0.3 is 54.7 Å². The Kier molecular flexibility index (Phi) is 21.9. The summed E-state index contributed by atoms with van der Waals surface area (Å²) < 4.78 is 29.8. The van der Waals surface area contributed by atoms with Crippen LogP contribution < -0.4 is 5.73 Å². The van der Waals surface area contributed by atoms with Crippen molar-refractivity contribution in [1.29, 1.82) is 0 Å². The van der Waals surface area contributed by atoms with E-state index in [4.69, 9.17) is 34.4 Å². The Hall–Kier alpha value is -3.12. The van der Waals surface area contributed by atoms with Crippen LogP contribution in [-0.4, -0.2) is 143 Å². The van der Waals surface area contributed by atoms with Crippen molar-refractivity contribution < 1.29 is 58.5 Å². The fourth-order valence-electron chi connectivity index (χ4n) is 10.2. The van der Waals surface area contributed by atoms with Crippen LogP contribution in [0.1, 0.15) is 126 Å². The number of piperidine rings is 1. The smallest absolute Gasteiger partial charge is 0.329 e. The lowest BCUT2D eigenvalue weighted by atomic mass is 9.80. The molecule has 2 bridgehead atoms. The van der Waals surface area contributed by atoms with Crippen molar-refractivity contribution in [2.75, 3.05) is 27.9 Å². The predicted molar refractivity (Wildman–Crippen MR) is 253 cm³/mol. The normalized spacial score (nSPS) is 37.7. The second-order valence-electron chi connectivity index (χ2n) is 20.0. The van der Waals surface area contributed by atoms with Gasteiger partial charge >= 0.3 is 5.97 Å². The molecular weight excluding hydrogens is 847 g/mol. The number of Topliss-reactive ketones (excluding diaryl/α,β-unsaturated/α-hetero) is 1. The van der Waals surface area contributed by atoms with Crippen LogP contribution in [0.25, 0.3) is 0 Å². The van der Waals surface area contributed by atoms with E-state index < -0.39 is 90.1 Å². The first-order valence-electron chi connectivity index (χ1n) is 24.4. The second kappa shape index (κ2) is 26.0. The number of aliphatic imine (C=N–C) groups is 1. The zero-order valence-electron chi connectivity index (χ0n) is 41.3. The van der Waals surface area contributed by atoms with E-state index in [1.54, 1.807) is 53.5 Å². The van der Waals surface area contributed by atoms with Gasteiger partial charge in [0.25, 0.3) is 11.7 Å². The zero-order valence-corrected chi connectivity index (χ0v) is 41.3. The highest BCUT2D eigenvalue weighted by Crippen LogP contribution is 2.37. The summed E-state index contributed by atoms with van der Waals surface area (Å²) in [6, 6.07) is -1.89. The summed E-state index contributed by atoms with van der Waals surface area (Å²) in [6.45, 7) is 13.6. The topological polar surface area (TPSA) is 220 Å². The molecule has 0 spiro atoms. The molecule has 1 aliphatic carbocycles. The largest absolute Gasteiger partial charge is 0.459 e. The van der Waals surface area contributed by atoms with Gasteiger partial charge in [-0.15, -0.1) is 0 Å². The van der Waals surface area contributed by atoms with Gasteiger partial charge in [-0.3, -0.25) is 14.6 Å². The minimum absolute atomic E-state index is 0.0356. The molecule has 374 valence electrons. The number of cyclic esters (lactones) is 1. The van der Waals surface area contributed by atoms with Crippen LogP contribution >= 0.6 is 0 Å². The van der Waals surface area contributed by atoms with Crippen LogP contribution in [0.2, 0.25) is 0 Å². The summed E-state index contributed by atoms with van der Waals surface area (Å²) in [5.41, 5.74) is 9.02. The quantitative estimate of drug-likeness (QED) is 0.110. The molecule has 15 heteroatoms. The lowest BCUT2D eigenvalue weighted by Crippen LogP contribution is -2.61. The van der Waals surface area contributed by atoms with Crippen molar-refractivity contribution in [3.05, 3.63) is 47.7 Å². The monoisotopic (exact) mass is 930 g/mol. The van der Waals surface area contributed by atoms with Crippen LogP contribution in [0.5, 0.6) is 0 Å². The maximum atomic E-state index is 14.4. The number of fused-ring (bicyclic) bond motifs is 3. The number of methoxy groups -OCH3 is 3. The number of hydrogen-bond donors (Lipinski definition) is 5. The predicted octanol–water partition coefficient (Wildman–Crippen LogP) is 5.51. The highest BCUT2D eigenvalue weighted by molar-refractivity contribution is 6.39. The van der Waals surface area contributed by atoms with E-state index in [1.165, 1.54) is 4.90 Å². The molecule has 66 heavy (non-hydrogen) atoms. The van der Waals surface area contributed by atoms with E-state index in [-0.39, 0.29) is 37.3 Å². The first-order chi connectivity index (χ1) is 31.2. The Morgan fingerprint density at radius 2 is 1.61 bits per heavy atom. The molecule has 0 unspecified atom stereocenters. The molecule has 0 aromatic rings. The van der Waals surface area contributed by atoms with Crippen molar-refractivity contribution in [1.82, 2.24) is 4.90 Å². The van der Waals surface area contributed by atoms with E-state index in [2.05, 4.69) is 20.8 Å². The molecule has 4 rings (SSSR count). The molecule has 3 heterocycles. The van der Waals surface area contributed by atoms with Gasteiger partial charge in [-0.05, 0) is 113 Å². The lowest BCUT2D eigenvalue weighted by molar-refractivity contribution is -0.265. The summed E-state index contributed by atoms with van der Waals surface area (Å²) in [5, 5.41) is 46.1. The van der Waals surface area contributed by atoms with E-state index in [0.29, 0.717) is 75.0 Å². The van der Waals surface area contributed by atoms with Crippen molar-refractivity contribution >= 4 is 23.4 Å². The van der Waals surface area contributed by atoms with E-state index in [1.807, 2.05) is 32.1 Å². The van der Waals surface area contributed by atoms with Crippen molar-refractivity contribution in [3.8, 4) is 0 Å². The number of ether oxygens (including phenoxy) is 5. The van der Waals surface area contributed by atoms with E-state index >= 15 is 0 Å². The number of nitrogens with two attached hydrogens (primary N) is 1. The number of carbonyl (C=O) groups excluding carboxylic acids is 3. The Labute approximate surface area is 393 Å². The minimum Gasteiger partial charge on any atom is -0.459 e. The third kappa shape index (κ3) is 14.7. The van der Waals surface area contributed by atoms with Gasteiger partial charge in [-0.2, -0.15) is 0 Å². The third-order valence-corrected chi connectivity index (χ3v) is 14.4. The standard InChI is InChI=1S/C51H83N3O12/c1-30(2)24-33(5)45-47(64-10)46(57)34(6)25-32(4)41(56)29-43(38(52)26-36-19-21-40(55)44(27-36)63-9)65-50(60)39-17-13-15-23-54(39)49(59)48(58)51(61)35(7)18-20-37(66-51)28-42(62-8)31(3)16-12-11-14-22-53-45/h11-12,14,16,22,25,30,32-33,35-44,46-47,55-57,61H,13,15,17-21,23-24,26-29,52H2,1-10H3/b12-11+,22-14?,31-16?,34-25+,53-45?/t32-,33-,35-,36+,37+,38-,39+,40-,41-,42+,43+,44-,46-,47+,51-/m1/s1. The first kappa shape index (κ1) is 55.5. The number of amides is 1. The molecular formula is C51H83N3O12. The fourth-order valence-corrected chi connectivity index (χ4v) is 10.2. The van der Waals surface area contributed by atoms with E-state index in [9.17, 15) is 34.8 Å². The third-order valence-electron chi connectivity index (χ3n) is 14.4. The van der Waals surface area contributed by atoms with Gasteiger partial charge in [0.15, 0.2) is 0 Å². The van der Waals surface area contributed by atoms with Crippen LogP contribution in [-0.2, 0) is 38.1 Å². The average Bonchev–Trinajstić information content (AvgIpc) is 3.28. The number of ketones is 1. The van der Waals surface area contributed by atoms with Crippen molar-refractivity contribution in [3.63, 3.8) is 0 Å². The highest BCUT2D eigenvalue weighted by atomic mass is 16.6. The molecule has 2 saturated heterocycles. The van der Waals surface area contributed by atoms with Crippen LogP contribution in [0.3, 0.4) is 0 Å². The van der Waals surface area contributed by atoms with E-state index in [0.717, 1.165) is 12.0 Å². The number of carbonyl (C=O) groups is 3. The van der Waals surface area contributed by atoms with Gasteiger partial charge in [-0.25, -0.2) is 4.79 Å². The molecule has 0 aromatic heterocycles. The molecule has 15 atom stereocenters. The zero-order chi connectivity index (χ0) is 48.9. The number of aliphatic hydroxyl groups is 4. The Morgan fingerprint density at radius 1 is 0.879 bits per heavy atom. The summed E-state index contributed by atoms with van der Waals surface area (Å²) in [7, 11) is 4.68. The van der Waals surface area contributed by atoms with Gasteiger partial charge in [0.1, 0.15) is 24.4 Å². The highest BCUT2D eigenvalue weighted by Gasteiger charge is 2.53. The number of allylic oxidation sites excluding steroid dienone is 4. The number of nitrogens with zero attached hydrogens (tertiary/aromatic N) is 2. The van der Waals surface area contributed by atoms with Crippen molar-refractivity contribution in [2.45, 2.75) is 192 Å². The maximum absolute atomic E-state index is 14.4. The van der Waals surface area contributed by atoms with Gasteiger partial charge in [0.05, 0.1) is 36.2 Å². The van der Waals surface area contributed by atoms with Crippen molar-refractivity contribution in [2.24, 2.45) is 40.3 Å². The number of rotatable bonds is 9.